The molecule has 1 aromatic heterocycles. The third-order valence-corrected chi connectivity index (χ3v) is 6.60. The van der Waals surface area contributed by atoms with Gasteiger partial charge in [0, 0.05) is 24.3 Å². The number of pyridine rings is 1. The Balaban J connectivity index is 1.30. The summed E-state index contributed by atoms with van der Waals surface area (Å²) in [5.41, 5.74) is 2.24. The number of hydrogen-bond donors (Lipinski definition) is 0. The number of aromatic nitrogens is 1. The number of piperidine rings is 1. The quantitative estimate of drug-likeness (QED) is 0.404. The van der Waals surface area contributed by atoms with Crippen LogP contribution in [0.1, 0.15) is 30.1 Å². The maximum absolute atomic E-state index is 13.7. The van der Waals surface area contributed by atoms with E-state index in [0.717, 1.165) is 49.7 Å². The highest BCUT2D eigenvalue weighted by molar-refractivity contribution is 6.30. The lowest BCUT2D eigenvalue weighted by Crippen LogP contribution is -2.40. The topological polar surface area (TPSA) is 28.6 Å². The standard InChI is InChI=1S/C27H31ClFN3O/c1-31(27(25-7-4-5-15-30-25)22-9-11-23(28)12-10-22)20-21-13-16-32(17-14-21)18-19-33-26-8-3-2-6-24(26)29/h2-12,15,21,27H,13-14,16-20H2,1H3/t27-/m1/s1. The largest absolute Gasteiger partial charge is 0.489 e. The molecule has 1 aliphatic heterocycles. The van der Waals surface area contributed by atoms with Gasteiger partial charge in [-0.2, -0.15) is 0 Å². The fourth-order valence-electron chi connectivity index (χ4n) is 4.59. The van der Waals surface area contributed by atoms with Crippen molar-refractivity contribution in [3.8, 4) is 5.75 Å². The summed E-state index contributed by atoms with van der Waals surface area (Å²) in [6.07, 6.45) is 4.13. The Kier molecular flexibility index (Phi) is 8.32. The van der Waals surface area contributed by atoms with Gasteiger partial charge in [0.2, 0.25) is 0 Å². The predicted octanol–water partition coefficient (Wildman–Crippen LogP) is 5.69. The summed E-state index contributed by atoms with van der Waals surface area (Å²) in [6.45, 7) is 4.40. The minimum atomic E-state index is -0.303. The van der Waals surface area contributed by atoms with Crippen LogP contribution in [0.4, 0.5) is 4.39 Å². The van der Waals surface area contributed by atoms with Gasteiger partial charge in [-0.1, -0.05) is 41.9 Å². The van der Waals surface area contributed by atoms with E-state index < -0.39 is 0 Å². The lowest BCUT2D eigenvalue weighted by atomic mass is 9.94. The predicted molar refractivity (Wildman–Crippen MR) is 131 cm³/mol. The van der Waals surface area contributed by atoms with Crippen molar-refractivity contribution in [1.29, 1.82) is 0 Å². The van der Waals surface area contributed by atoms with Crippen LogP contribution < -0.4 is 4.74 Å². The first kappa shape index (κ1) is 23.7. The number of para-hydroxylation sites is 1. The smallest absolute Gasteiger partial charge is 0.165 e. The highest BCUT2D eigenvalue weighted by Gasteiger charge is 2.26. The number of ether oxygens (including phenoxy) is 1. The Morgan fingerprint density at radius 1 is 1.06 bits per heavy atom. The Hall–Kier alpha value is -2.47. The molecule has 4 nitrogen and oxygen atoms in total. The maximum Gasteiger partial charge on any atom is 0.165 e. The summed E-state index contributed by atoms with van der Waals surface area (Å²) in [7, 11) is 2.18. The SMILES string of the molecule is CN(CC1CCN(CCOc2ccccc2F)CC1)[C@H](c1ccc(Cl)cc1)c1ccccn1. The Morgan fingerprint density at radius 2 is 1.79 bits per heavy atom. The van der Waals surface area contributed by atoms with Crippen LogP contribution >= 0.6 is 11.6 Å². The molecule has 0 N–H and O–H groups in total. The van der Waals surface area contributed by atoms with Gasteiger partial charge in [0.05, 0.1) is 11.7 Å². The van der Waals surface area contributed by atoms with Crippen molar-refractivity contribution in [1.82, 2.24) is 14.8 Å². The third kappa shape index (κ3) is 6.53. The minimum absolute atomic E-state index is 0.0932. The molecule has 6 heteroatoms. The highest BCUT2D eigenvalue weighted by Crippen LogP contribution is 2.29. The average molecular weight is 468 g/mol. The van der Waals surface area contributed by atoms with Gasteiger partial charge in [-0.25, -0.2) is 4.39 Å². The van der Waals surface area contributed by atoms with Gasteiger partial charge >= 0.3 is 0 Å². The molecule has 33 heavy (non-hydrogen) atoms. The monoisotopic (exact) mass is 467 g/mol. The Morgan fingerprint density at radius 3 is 2.48 bits per heavy atom. The van der Waals surface area contributed by atoms with Crippen molar-refractivity contribution in [3.05, 3.63) is 95.0 Å². The minimum Gasteiger partial charge on any atom is -0.489 e. The molecule has 0 unspecified atom stereocenters. The highest BCUT2D eigenvalue weighted by atomic mass is 35.5. The number of likely N-dealkylation sites (tertiary alicyclic amines) is 1. The summed E-state index contributed by atoms with van der Waals surface area (Å²) in [4.78, 5) is 9.46. The fourth-order valence-corrected chi connectivity index (χ4v) is 4.71. The summed E-state index contributed by atoms with van der Waals surface area (Å²) in [6, 6.07) is 20.8. The van der Waals surface area contributed by atoms with Crippen LogP contribution in [0.25, 0.3) is 0 Å². The van der Waals surface area contributed by atoms with Crippen LogP contribution in [0.5, 0.6) is 5.75 Å². The second-order valence-electron chi connectivity index (χ2n) is 8.71. The molecule has 2 aromatic carbocycles. The molecule has 174 valence electrons. The maximum atomic E-state index is 13.7. The van der Waals surface area contributed by atoms with Crippen molar-refractivity contribution < 1.29 is 9.13 Å². The summed E-state index contributed by atoms with van der Waals surface area (Å²) < 4.78 is 19.3. The van der Waals surface area contributed by atoms with Gasteiger partial charge in [-0.05, 0) is 80.9 Å². The van der Waals surface area contributed by atoms with Crippen molar-refractivity contribution in [2.24, 2.45) is 5.92 Å². The lowest BCUT2D eigenvalue weighted by Gasteiger charge is -2.36. The van der Waals surface area contributed by atoms with Crippen LogP contribution in [-0.4, -0.2) is 54.6 Å². The molecule has 1 aliphatic rings. The van der Waals surface area contributed by atoms with E-state index in [-0.39, 0.29) is 11.9 Å². The van der Waals surface area contributed by atoms with E-state index in [2.05, 4.69) is 40.0 Å². The van der Waals surface area contributed by atoms with Gasteiger partial charge in [0.1, 0.15) is 6.61 Å². The van der Waals surface area contributed by atoms with E-state index in [1.165, 1.54) is 11.6 Å². The Labute approximate surface area is 201 Å². The van der Waals surface area contributed by atoms with Crippen LogP contribution in [0.2, 0.25) is 5.02 Å². The lowest BCUT2D eigenvalue weighted by molar-refractivity contribution is 0.127. The number of nitrogens with zero attached hydrogens (tertiary/aromatic N) is 3. The molecule has 0 bridgehead atoms. The fraction of sp³-hybridized carbons (Fsp3) is 0.370. The summed E-state index contributed by atoms with van der Waals surface area (Å²) >= 11 is 6.13. The third-order valence-electron chi connectivity index (χ3n) is 6.35. The van der Waals surface area contributed by atoms with Crippen LogP contribution in [0, 0.1) is 11.7 Å². The van der Waals surface area contributed by atoms with Gasteiger partial charge in [0.25, 0.3) is 0 Å². The van der Waals surface area contributed by atoms with Gasteiger partial charge in [-0.3, -0.25) is 14.8 Å². The van der Waals surface area contributed by atoms with Gasteiger partial charge in [-0.15, -0.1) is 0 Å². The molecular formula is C27H31ClFN3O. The summed E-state index contributed by atoms with van der Waals surface area (Å²) in [5, 5.41) is 0.743. The van der Waals surface area contributed by atoms with E-state index in [1.807, 2.05) is 30.5 Å². The number of halogens is 2. The molecule has 0 amide bonds. The van der Waals surface area contributed by atoms with E-state index in [4.69, 9.17) is 16.3 Å². The molecule has 0 aliphatic carbocycles. The number of rotatable bonds is 9. The van der Waals surface area contributed by atoms with Gasteiger partial charge in [0.15, 0.2) is 11.6 Å². The van der Waals surface area contributed by atoms with Crippen LogP contribution in [-0.2, 0) is 0 Å². The van der Waals surface area contributed by atoms with E-state index in [1.54, 1.807) is 18.2 Å². The van der Waals surface area contributed by atoms with Gasteiger partial charge < -0.3 is 4.74 Å². The number of hydrogen-bond acceptors (Lipinski definition) is 4. The van der Waals surface area contributed by atoms with E-state index in [9.17, 15) is 4.39 Å². The zero-order chi connectivity index (χ0) is 23.0. The second-order valence-corrected chi connectivity index (χ2v) is 9.15. The van der Waals surface area contributed by atoms with E-state index >= 15 is 0 Å². The first-order valence-electron chi connectivity index (χ1n) is 11.6. The van der Waals surface area contributed by atoms with E-state index in [0.29, 0.717) is 18.3 Å². The zero-order valence-electron chi connectivity index (χ0n) is 19.0. The molecule has 4 rings (SSSR count). The second kappa shape index (κ2) is 11.6. The molecule has 1 fully saturated rings. The molecule has 0 radical (unpaired) electrons. The van der Waals surface area contributed by atoms with Crippen molar-refractivity contribution in [2.75, 3.05) is 39.8 Å². The molecular weight excluding hydrogens is 437 g/mol. The number of benzene rings is 2. The average Bonchev–Trinajstić information content (AvgIpc) is 2.83. The first-order chi connectivity index (χ1) is 16.1. The normalized spacial score (nSPS) is 16.1. The first-order valence-corrected chi connectivity index (χ1v) is 11.9. The van der Waals surface area contributed by atoms with Crippen molar-refractivity contribution in [3.63, 3.8) is 0 Å². The van der Waals surface area contributed by atoms with Crippen molar-refractivity contribution >= 4 is 11.6 Å². The molecule has 0 spiro atoms. The Bertz CT molecular complexity index is 994. The molecule has 3 aromatic rings. The van der Waals surface area contributed by atoms with Crippen molar-refractivity contribution in [2.45, 2.75) is 18.9 Å². The molecule has 1 atom stereocenters. The molecule has 2 heterocycles. The molecule has 1 saturated heterocycles. The zero-order valence-corrected chi connectivity index (χ0v) is 19.8. The van der Waals surface area contributed by atoms with Crippen LogP contribution in [0.3, 0.4) is 0 Å². The summed E-state index contributed by atoms with van der Waals surface area (Å²) in [5.74, 6) is 0.649. The van der Waals surface area contributed by atoms with Crippen LogP contribution in [0.15, 0.2) is 72.9 Å². The molecule has 0 saturated carbocycles.